The minimum absolute atomic E-state index is 0.186. The van der Waals surface area contributed by atoms with Crippen LogP contribution in [0, 0.1) is 11.6 Å². The largest absolute Gasteiger partial charge is 0.356 e. The first kappa shape index (κ1) is 26.6. The van der Waals surface area contributed by atoms with Crippen molar-refractivity contribution in [2.75, 3.05) is 11.4 Å². The predicted molar refractivity (Wildman–Crippen MR) is 158 cm³/mol. The maximum Gasteiger partial charge on any atom is 0.332 e. The summed E-state index contributed by atoms with van der Waals surface area (Å²) in [7, 11) is 0. The van der Waals surface area contributed by atoms with E-state index in [1.807, 2.05) is 24.3 Å². The number of rotatable bonds is 6. The van der Waals surface area contributed by atoms with E-state index in [4.69, 9.17) is 0 Å². The van der Waals surface area contributed by atoms with Crippen LogP contribution >= 0.6 is 0 Å². The summed E-state index contributed by atoms with van der Waals surface area (Å²) in [6.07, 6.45) is 0.779. The molecular weight excluding hydrogens is 550 g/mol. The lowest BCUT2D eigenvalue weighted by molar-refractivity contribution is -0.120. The summed E-state index contributed by atoms with van der Waals surface area (Å²) < 4.78 is 27.2. The number of urea groups is 1. The summed E-state index contributed by atoms with van der Waals surface area (Å²) >= 11 is 0. The zero-order valence-electron chi connectivity index (χ0n) is 22.9. The minimum atomic E-state index is -0.816. The number of hydrogen-bond acceptors (Lipinski definition) is 3. The maximum atomic E-state index is 14.2. The minimum Gasteiger partial charge on any atom is -0.356 e. The number of para-hydroxylation sites is 2. The fourth-order valence-electron chi connectivity index (χ4n) is 6.22. The number of H-pyrrole nitrogens is 1. The quantitative estimate of drug-likeness (QED) is 0.247. The van der Waals surface area contributed by atoms with E-state index in [0.29, 0.717) is 18.4 Å². The Morgan fingerprint density at radius 1 is 0.860 bits per heavy atom. The molecule has 7 nitrogen and oxygen atoms in total. The molecule has 214 valence electrons. The zero-order valence-corrected chi connectivity index (χ0v) is 22.9. The third-order valence-corrected chi connectivity index (χ3v) is 8.24. The predicted octanol–water partition coefficient (Wildman–Crippen LogP) is 5.90. The van der Waals surface area contributed by atoms with Crippen molar-refractivity contribution in [1.29, 1.82) is 0 Å². The molecule has 2 aliphatic heterocycles. The Morgan fingerprint density at radius 2 is 1.53 bits per heavy atom. The number of halogens is 2. The molecule has 9 heteroatoms. The van der Waals surface area contributed by atoms with Gasteiger partial charge in [0.15, 0.2) is 0 Å². The molecule has 7 rings (SSSR count). The van der Waals surface area contributed by atoms with Crippen molar-refractivity contribution in [3.63, 3.8) is 0 Å². The second-order valence-corrected chi connectivity index (χ2v) is 10.7. The molecule has 2 atom stereocenters. The number of nitrogens with one attached hydrogen (secondary N) is 2. The number of carbonyl (C=O) groups excluding carboxylic acids is 3. The van der Waals surface area contributed by atoms with Gasteiger partial charge in [0.1, 0.15) is 23.7 Å². The molecule has 0 aliphatic carbocycles. The van der Waals surface area contributed by atoms with E-state index >= 15 is 0 Å². The Kier molecular flexibility index (Phi) is 6.50. The molecule has 1 fully saturated rings. The van der Waals surface area contributed by atoms with Gasteiger partial charge in [-0.25, -0.2) is 18.5 Å². The van der Waals surface area contributed by atoms with Crippen LogP contribution in [0.2, 0.25) is 0 Å². The molecule has 4 aromatic carbocycles. The van der Waals surface area contributed by atoms with E-state index < -0.39 is 35.7 Å². The highest BCUT2D eigenvalue weighted by molar-refractivity contribution is 6.24. The van der Waals surface area contributed by atoms with Crippen LogP contribution in [0.4, 0.5) is 19.3 Å². The van der Waals surface area contributed by atoms with Gasteiger partial charge in [-0.1, -0.05) is 54.6 Å². The molecule has 3 heterocycles. The summed E-state index contributed by atoms with van der Waals surface area (Å²) in [4.78, 5) is 47.7. The number of benzene rings is 4. The highest BCUT2D eigenvalue weighted by atomic mass is 19.1. The molecule has 0 bridgehead atoms. The number of aromatic amines is 1. The van der Waals surface area contributed by atoms with Gasteiger partial charge >= 0.3 is 6.03 Å². The normalized spacial score (nSPS) is 17.7. The van der Waals surface area contributed by atoms with Gasteiger partial charge in [-0.3, -0.25) is 14.5 Å². The Bertz CT molecular complexity index is 1880. The van der Waals surface area contributed by atoms with Crippen LogP contribution in [-0.4, -0.2) is 40.3 Å². The topological polar surface area (TPSA) is 85.5 Å². The highest BCUT2D eigenvalue weighted by Gasteiger charge is 2.53. The van der Waals surface area contributed by atoms with Crippen molar-refractivity contribution in [2.45, 2.75) is 24.9 Å². The van der Waals surface area contributed by atoms with Crippen molar-refractivity contribution < 1.29 is 23.2 Å². The van der Waals surface area contributed by atoms with Crippen molar-refractivity contribution in [1.82, 2.24) is 15.2 Å². The second-order valence-electron chi connectivity index (χ2n) is 10.7. The Balaban J connectivity index is 1.23. The van der Waals surface area contributed by atoms with Gasteiger partial charge in [0.2, 0.25) is 0 Å². The van der Waals surface area contributed by atoms with E-state index in [2.05, 4.69) is 10.3 Å². The maximum absolute atomic E-state index is 14.2. The number of hydrogen-bond donors (Lipinski definition) is 2. The standard InChI is InChI=1S/C34H26F2N4O3/c35-22-13-9-20(10-14-22)17-18-37-32(41)25-6-2-4-8-28(25)40-33(42)29-19-26-24-5-1-3-7-27(24)38-30(26)31(39(29)34(40)43)21-11-15-23(36)16-12-21/h1-16,29,31,38H,17-19H2,(H,37,41)/t29-,31?/m0/s1. The molecule has 5 aromatic rings. The summed E-state index contributed by atoms with van der Waals surface area (Å²) in [5, 5.41) is 3.81. The number of nitrogens with zero attached hydrogens (tertiary/aromatic N) is 2. The summed E-state index contributed by atoms with van der Waals surface area (Å²) in [6.45, 7) is 0.282. The van der Waals surface area contributed by atoms with E-state index in [1.165, 1.54) is 29.2 Å². The number of carbonyl (C=O) groups is 3. The fourth-order valence-corrected chi connectivity index (χ4v) is 6.22. The Morgan fingerprint density at radius 3 is 2.30 bits per heavy atom. The van der Waals surface area contributed by atoms with Crippen molar-refractivity contribution in [3.05, 3.63) is 137 Å². The van der Waals surface area contributed by atoms with Crippen molar-refractivity contribution in [2.24, 2.45) is 0 Å². The van der Waals surface area contributed by atoms with Gasteiger partial charge in [-0.2, -0.15) is 0 Å². The van der Waals surface area contributed by atoms with Crippen LogP contribution in [0.1, 0.15) is 38.8 Å². The monoisotopic (exact) mass is 576 g/mol. The molecule has 4 amide bonds. The van der Waals surface area contributed by atoms with Crippen molar-refractivity contribution in [3.8, 4) is 0 Å². The SMILES string of the molecule is O=C(NCCc1ccc(F)cc1)c1ccccc1N1C(=O)[C@@H]2Cc3c([nH]c4ccccc34)C(c3ccc(F)cc3)N2C1=O. The molecular formula is C34H26F2N4O3. The van der Waals surface area contributed by atoms with Gasteiger partial charge < -0.3 is 10.3 Å². The van der Waals surface area contributed by atoms with Gasteiger partial charge in [-0.15, -0.1) is 0 Å². The molecule has 2 aliphatic rings. The van der Waals surface area contributed by atoms with Crippen LogP contribution < -0.4 is 10.2 Å². The highest BCUT2D eigenvalue weighted by Crippen LogP contribution is 2.45. The molecule has 43 heavy (non-hydrogen) atoms. The van der Waals surface area contributed by atoms with E-state index in [1.54, 1.807) is 48.5 Å². The Labute approximate surface area is 245 Å². The zero-order chi connectivity index (χ0) is 29.7. The van der Waals surface area contributed by atoms with Crippen LogP contribution in [0.3, 0.4) is 0 Å². The lowest BCUT2D eigenvalue weighted by atomic mass is 9.89. The van der Waals surface area contributed by atoms with Gasteiger partial charge in [0.25, 0.3) is 11.8 Å². The van der Waals surface area contributed by atoms with Crippen LogP contribution in [0.25, 0.3) is 10.9 Å². The molecule has 1 aromatic heterocycles. The smallest absolute Gasteiger partial charge is 0.332 e. The number of amides is 4. The van der Waals surface area contributed by atoms with Gasteiger partial charge in [0.05, 0.1) is 11.3 Å². The number of aromatic nitrogens is 1. The van der Waals surface area contributed by atoms with Crippen molar-refractivity contribution >= 4 is 34.4 Å². The van der Waals surface area contributed by atoms with E-state index in [9.17, 15) is 23.2 Å². The lowest BCUT2D eigenvalue weighted by Gasteiger charge is -2.36. The van der Waals surface area contributed by atoms with Gasteiger partial charge in [-0.05, 0) is 65.6 Å². The average molecular weight is 577 g/mol. The molecule has 1 unspecified atom stereocenters. The van der Waals surface area contributed by atoms with E-state index in [-0.39, 0.29) is 23.6 Å². The third-order valence-electron chi connectivity index (χ3n) is 8.24. The number of anilines is 1. The Hall–Kier alpha value is -5.31. The molecule has 1 saturated heterocycles. The summed E-state index contributed by atoms with van der Waals surface area (Å²) in [5.74, 6) is -1.60. The molecule has 0 radical (unpaired) electrons. The average Bonchev–Trinajstić information content (AvgIpc) is 3.51. The second kappa shape index (κ2) is 10.5. The van der Waals surface area contributed by atoms with Crippen LogP contribution in [-0.2, 0) is 17.6 Å². The third kappa shape index (κ3) is 4.53. The molecule has 0 saturated carbocycles. The van der Waals surface area contributed by atoms with E-state index in [0.717, 1.165) is 32.6 Å². The first-order chi connectivity index (χ1) is 20.9. The van der Waals surface area contributed by atoms with Crippen LogP contribution in [0.5, 0.6) is 0 Å². The first-order valence-corrected chi connectivity index (χ1v) is 14.0. The summed E-state index contributed by atoms with van der Waals surface area (Å²) in [5.41, 5.74) is 4.50. The number of fused-ring (bicyclic) bond motifs is 4. The lowest BCUT2D eigenvalue weighted by Crippen LogP contribution is -2.44. The fraction of sp³-hybridized carbons (Fsp3) is 0.147. The number of imide groups is 1. The van der Waals surface area contributed by atoms with Crippen LogP contribution in [0.15, 0.2) is 97.1 Å². The molecule has 0 spiro atoms. The summed E-state index contributed by atoms with van der Waals surface area (Å²) in [6, 6.07) is 24.2. The first-order valence-electron chi connectivity index (χ1n) is 14.0. The van der Waals surface area contributed by atoms with Gasteiger partial charge in [0, 0.05) is 29.6 Å². The molecule has 2 N–H and O–H groups in total.